The van der Waals surface area contributed by atoms with Crippen molar-refractivity contribution in [3.05, 3.63) is 18.2 Å². The maximum absolute atomic E-state index is 5.20. The number of nitrogens with one attached hydrogen (secondary N) is 3. The summed E-state index contributed by atoms with van der Waals surface area (Å²) in [5.74, 6) is 0. The number of hydrogen-bond acceptors (Lipinski definition) is 5. The van der Waals surface area contributed by atoms with Crippen LogP contribution in [0.3, 0.4) is 0 Å². The van der Waals surface area contributed by atoms with E-state index >= 15 is 0 Å². The summed E-state index contributed by atoms with van der Waals surface area (Å²) in [5, 5.41) is 12.0. The molecular formula is C14H23N7S2. The third kappa shape index (κ3) is 6.83. The molecule has 0 aliphatic heterocycles. The Morgan fingerprint density at radius 2 is 2.00 bits per heavy atom. The van der Waals surface area contributed by atoms with Crippen molar-refractivity contribution < 1.29 is 0 Å². The summed E-state index contributed by atoms with van der Waals surface area (Å²) in [6.07, 6.45) is 5.33. The lowest BCUT2D eigenvalue weighted by molar-refractivity contribution is 0.900. The quantitative estimate of drug-likeness (QED) is 0.393. The van der Waals surface area contributed by atoms with Crippen LogP contribution in [0.25, 0.3) is 0 Å². The van der Waals surface area contributed by atoms with Gasteiger partial charge in [-0.15, -0.1) is 0 Å². The number of aryl methyl sites for hydroxylation is 1. The van der Waals surface area contributed by atoms with Crippen LogP contribution in [0.4, 0.5) is 0 Å². The summed E-state index contributed by atoms with van der Waals surface area (Å²) in [7, 11) is 1.89. The van der Waals surface area contributed by atoms with Crippen LogP contribution in [0.15, 0.2) is 22.7 Å². The number of aromatic nitrogens is 2. The monoisotopic (exact) mass is 353 g/mol. The SMILES string of the molecule is CCCC(=S)N/N=C(C)/C(=N/NC(=S)NCC)c1cn(C)cn1. The van der Waals surface area contributed by atoms with Gasteiger partial charge in [-0.25, -0.2) is 4.98 Å². The van der Waals surface area contributed by atoms with E-state index in [1.807, 2.05) is 31.7 Å². The molecule has 0 aromatic carbocycles. The van der Waals surface area contributed by atoms with E-state index in [4.69, 9.17) is 24.4 Å². The van der Waals surface area contributed by atoms with Crippen molar-refractivity contribution in [1.82, 2.24) is 25.7 Å². The van der Waals surface area contributed by atoms with Gasteiger partial charge in [0.25, 0.3) is 0 Å². The van der Waals surface area contributed by atoms with E-state index in [2.05, 4.69) is 38.3 Å². The summed E-state index contributed by atoms with van der Waals surface area (Å²) >= 11 is 10.3. The summed E-state index contributed by atoms with van der Waals surface area (Å²) < 4.78 is 1.84. The molecular weight excluding hydrogens is 330 g/mol. The molecule has 0 aliphatic rings. The fourth-order valence-electron chi connectivity index (χ4n) is 1.65. The topological polar surface area (TPSA) is 78.6 Å². The molecule has 126 valence electrons. The number of imidazole rings is 1. The van der Waals surface area contributed by atoms with Crippen molar-refractivity contribution >= 4 is 46.0 Å². The molecule has 23 heavy (non-hydrogen) atoms. The maximum Gasteiger partial charge on any atom is 0.186 e. The molecule has 1 aromatic rings. The van der Waals surface area contributed by atoms with E-state index in [1.165, 1.54) is 0 Å². The van der Waals surface area contributed by atoms with Crippen molar-refractivity contribution in [2.24, 2.45) is 17.3 Å². The Hall–Kier alpha value is -1.87. The Bertz CT molecular complexity index is 604. The van der Waals surface area contributed by atoms with Crippen molar-refractivity contribution in [3.63, 3.8) is 0 Å². The molecule has 0 amide bonds. The van der Waals surface area contributed by atoms with Crippen LogP contribution in [0.1, 0.15) is 39.3 Å². The number of thiocarbonyl (C=S) groups is 2. The van der Waals surface area contributed by atoms with E-state index in [0.717, 1.165) is 19.4 Å². The van der Waals surface area contributed by atoms with E-state index in [1.54, 1.807) is 6.33 Å². The Morgan fingerprint density at radius 3 is 2.57 bits per heavy atom. The lowest BCUT2D eigenvalue weighted by Crippen LogP contribution is -2.33. The van der Waals surface area contributed by atoms with Crippen molar-refractivity contribution in [2.45, 2.75) is 33.6 Å². The molecule has 1 heterocycles. The Kier molecular flexibility index (Phi) is 8.35. The smallest absolute Gasteiger partial charge is 0.186 e. The minimum atomic E-state index is 0.447. The first-order chi connectivity index (χ1) is 11.0. The molecule has 0 atom stereocenters. The van der Waals surface area contributed by atoms with Crippen molar-refractivity contribution in [1.29, 1.82) is 0 Å². The van der Waals surface area contributed by atoms with Gasteiger partial charge >= 0.3 is 0 Å². The fraction of sp³-hybridized carbons (Fsp3) is 0.500. The molecule has 0 spiro atoms. The highest BCUT2D eigenvalue weighted by Crippen LogP contribution is 2.00. The third-order valence-corrected chi connectivity index (χ3v) is 3.25. The first kappa shape index (κ1) is 19.2. The second-order valence-corrected chi connectivity index (χ2v) is 5.74. The maximum atomic E-state index is 5.20. The Balaban J connectivity index is 2.94. The summed E-state index contributed by atoms with van der Waals surface area (Å²) in [6, 6.07) is 0. The first-order valence-electron chi connectivity index (χ1n) is 7.41. The molecule has 0 saturated carbocycles. The highest BCUT2D eigenvalue weighted by atomic mass is 32.1. The standard InChI is InChI=1S/C14H23N7S2/c1-5-7-12(22)18-17-10(3)13(11-8-21(4)9-16-11)19-20-14(23)15-6-2/h8-9H,5-7H2,1-4H3,(H,18,22)(H2,15,20,23)/b17-10+,19-13-. The van der Waals surface area contributed by atoms with Gasteiger partial charge in [-0.05, 0) is 38.9 Å². The third-order valence-electron chi connectivity index (χ3n) is 2.72. The molecule has 0 fully saturated rings. The van der Waals surface area contributed by atoms with Crippen LogP contribution in [-0.4, -0.2) is 37.6 Å². The first-order valence-corrected chi connectivity index (χ1v) is 8.22. The Labute approximate surface area is 147 Å². The fourth-order valence-corrected chi connectivity index (χ4v) is 2.09. The highest BCUT2D eigenvalue weighted by Gasteiger charge is 2.12. The normalized spacial score (nSPS) is 12.0. The lowest BCUT2D eigenvalue weighted by atomic mass is 10.2. The number of hydrazone groups is 2. The summed E-state index contributed by atoms with van der Waals surface area (Å²) in [6.45, 7) is 6.59. The van der Waals surface area contributed by atoms with Crippen molar-refractivity contribution in [2.75, 3.05) is 6.54 Å². The van der Waals surface area contributed by atoms with Gasteiger partial charge in [0.2, 0.25) is 0 Å². The molecule has 0 bridgehead atoms. The minimum Gasteiger partial charge on any atom is -0.362 e. The molecule has 1 rings (SSSR count). The zero-order valence-corrected chi connectivity index (χ0v) is 15.5. The molecule has 1 aromatic heterocycles. The zero-order chi connectivity index (χ0) is 17.2. The molecule has 0 unspecified atom stereocenters. The summed E-state index contributed by atoms with van der Waals surface area (Å²) in [5.41, 5.74) is 7.64. The number of nitrogens with zero attached hydrogens (tertiary/aromatic N) is 4. The van der Waals surface area contributed by atoms with Crippen molar-refractivity contribution in [3.8, 4) is 0 Å². The second-order valence-electron chi connectivity index (χ2n) is 4.84. The van der Waals surface area contributed by atoms with Crippen LogP contribution < -0.4 is 16.2 Å². The van der Waals surface area contributed by atoms with Crippen LogP contribution >= 0.6 is 24.4 Å². The van der Waals surface area contributed by atoms with Gasteiger partial charge in [0.05, 0.1) is 17.0 Å². The van der Waals surface area contributed by atoms with Crippen LogP contribution in [-0.2, 0) is 7.05 Å². The van der Waals surface area contributed by atoms with Crippen LogP contribution in [0.5, 0.6) is 0 Å². The van der Waals surface area contributed by atoms with Crippen LogP contribution in [0.2, 0.25) is 0 Å². The summed E-state index contributed by atoms with van der Waals surface area (Å²) in [4.78, 5) is 5.01. The molecule has 0 saturated heterocycles. The largest absolute Gasteiger partial charge is 0.362 e. The van der Waals surface area contributed by atoms with Gasteiger partial charge in [0.15, 0.2) is 5.11 Å². The van der Waals surface area contributed by atoms with Gasteiger partial charge in [-0.3, -0.25) is 10.9 Å². The molecule has 9 heteroatoms. The van der Waals surface area contributed by atoms with Crippen LogP contribution in [0, 0.1) is 0 Å². The lowest BCUT2D eigenvalue weighted by Gasteiger charge is -2.08. The predicted molar refractivity (Wildman–Crippen MR) is 103 cm³/mol. The molecule has 0 radical (unpaired) electrons. The minimum absolute atomic E-state index is 0.447. The number of hydrogen-bond donors (Lipinski definition) is 3. The van der Waals surface area contributed by atoms with E-state index in [-0.39, 0.29) is 0 Å². The Morgan fingerprint density at radius 1 is 1.26 bits per heavy atom. The van der Waals surface area contributed by atoms with Gasteiger partial charge in [0.1, 0.15) is 11.4 Å². The van der Waals surface area contributed by atoms with E-state index in [9.17, 15) is 0 Å². The average Bonchev–Trinajstić information content (AvgIpc) is 2.92. The second kappa shape index (κ2) is 10.0. The van der Waals surface area contributed by atoms with Gasteiger partial charge in [-0.1, -0.05) is 19.1 Å². The molecule has 3 N–H and O–H groups in total. The highest BCUT2D eigenvalue weighted by molar-refractivity contribution is 7.80. The van der Waals surface area contributed by atoms with E-state index < -0.39 is 0 Å². The zero-order valence-electron chi connectivity index (χ0n) is 13.9. The van der Waals surface area contributed by atoms with Gasteiger partial charge in [0, 0.05) is 19.8 Å². The number of rotatable bonds is 7. The molecule has 0 aliphatic carbocycles. The van der Waals surface area contributed by atoms with E-state index in [0.29, 0.717) is 27.2 Å². The van der Waals surface area contributed by atoms with Gasteiger partial charge in [-0.2, -0.15) is 10.2 Å². The molecule has 7 nitrogen and oxygen atoms in total. The van der Waals surface area contributed by atoms with Gasteiger partial charge < -0.3 is 9.88 Å². The predicted octanol–water partition coefficient (Wildman–Crippen LogP) is 1.70. The average molecular weight is 354 g/mol.